The molecular formula is C30H46N2O2. The first-order valence-electron chi connectivity index (χ1n) is 13.6. The average Bonchev–Trinajstić information content (AvgIpc) is 2.84. The maximum absolute atomic E-state index is 12.3. The van der Waals surface area contributed by atoms with E-state index in [0.717, 1.165) is 36.2 Å². The number of aryl methyl sites for hydroxylation is 1. The van der Waals surface area contributed by atoms with Crippen molar-refractivity contribution in [3.05, 3.63) is 47.8 Å². The molecule has 0 saturated heterocycles. The van der Waals surface area contributed by atoms with Gasteiger partial charge in [0.15, 0.2) is 5.82 Å². The van der Waals surface area contributed by atoms with Crippen LogP contribution in [0.2, 0.25) is 0 Å². The monoisotopic (exact) mass is 466 g/mol. The van der Waals surface area contributed by atoms with Gasteiger partial charge >= 0.3 is 5.97 Å². The van der Waals surface area contributed by atoms with Crippen LogP contribution in [0.25, 0.3) is 11.4 Å². The molecular weight excluding hydrogens is 420 g/mol. The number of benzene rings is 1. The zero-order valence-corrected chi connectivity index (χ0v) is 22.0. The van der Waals surface area contributed by atoms with Crippen molar-refractivity contribution in [2.24, 2.45) is 0 Å². The highest BCUT2D eigenvalue weighted by Gasteiger charge is 2.15. The van der Waals surface area contributed by atoms with Crippen LogP contribution >= 0.6 is 0 Å². The first-order valence-corrected chi connectivity index (χ1v) is 13.6. The number of esters is 1. The normalized spacial score (nSPS) is 12.9. The molecule has 2 unspecified atom stereocenters. The first-order chi connectivity index (χ1) is 16.5. The number of carbonyl (C=O) groups is 1. The molecule has 2 aromatic rings. The molecule has 0 bridgehead atoms. The fraction of sp³-hybridized carbons (Fsp3) is 0.633. The lowest BCUT2D eigenvalue weighted by Gasteiger charge is -2.16. The summed E-state index contributed by atoms with van der Waals surface area (Å²) in [5.41, 5.74) is 3.35. The molecule has 4 nitrogen and oxygen atoms in total. The van der Waals surface area contributed by atoms with Crippen LogP contribution in [0.3, 0.4) is 0 Å². The third-order valence-corrected chi connectivity index (χ3v) is 6.53. The van der Waals surface area contributed by atoms with E-state index in [-0.39, 0.29) is 18.0 Å². The molecule has 0 N–H and O–H groups in total. The number of carbonyl (C=O) groups excluding carboxylic acids is 1. The standard InChI is InChI=1S/C30H46N2O2/c1-5-7-9-11-12-14-16-26-22-31-30(32-23-26)28-19-17-27(18-20-28)24(3)21-29(33)34-25(4)15-13-10-8-6-2/h17-20,22-25H,5-16,21H2,1-4H3. The summed E-state index contributed by atoms with van der Waals surface area (Å²) in [5, 5.41) is 0. The van der Waals surface area contributed by atoms with Crippen LogP contribution in [-0.4, -0.2) is 22.0 Å². The smallest absolute Gasteiger partial charge is 0.306 e. The fourth-order valence-corrected chi connectivity index (χ4v) is 4.26. The summed E-state index contributed by atoms with van der Waals surface area (Å²) < 4.78 is 5.62. The van der Waals surface area contributed by atoms with E-state index in [4.69, 9.17) is 4.74 Å². The van der Waals surface area contributed by atoms with Gasteiger partial charge in [-0.05, 0) is 49.7 Å². The largest absolute Gasteiger partial charge is 0.463 e. The molecule has 34 heavy (non-hydrogen) atoms. The molecule has 188 valence electrons. The lowest BCUT2D eigenvalue weighted by Crippen LogP contribution is -2.16. The van der Waals surface area contributed by atoms with Crippen LogP contribution in [0.15, 0.2) is 36.7 Å². The van der Waals surface area contributed by atoms with Gasteiger partial charge in [-0.25, -0.2) is 9.97 Å². The molecule has 0 fully saturated rings. The van der Waals surface area contributed by atoms with Gasteiger partial charge in [-0.15, -0.1) is 0 Å². The predicted octanol–water partition coefficient (Wildman–Crippen LogP) is 8.44. The molecule has 0 radical (unpaired) electrons. The Morgan fingerprint density at radius 3 is 2.06 bits per heavy atom. The minimum atomic E-state index is -0.108. The van der Waals surface area contributed by atoms with Gasteiger partial charge in [0.1, 0.15) is 0 Å². The van der Waals surface area contributed by atoms with Crippen LogP contribution in [0.4, 0.5) is 0 Å². The predicted molar refractivity (Wildman–Crippen MR) is 142 cm³/mol. The molecule has 0 spiro atoms. The second kappa shape index (κ2) is 16.4. The van der Waals surface area contributed by atoms with E-state index in [0.29, 0.717) is 6.42 Å². The highest BCUT2D eigenvalue weighted by Crippen LogP contribution is 2.24. The van der Waals surface area contributed by atoms with E-state index in [1.165, 1.54) is 63.4 Å². The summed E-state index contributed by atoms with van der Waals surface area (Å²) >= 11 is 0. The van der Waals surface area contributed by atoms with Gasteiger partial charge in [0, 0.05) is 18.0 Å². The molecule has 0 aliphatic carbocycles. The molecule has 0 aliphatic rings. The Bertz CT molecular complexity index is 802. The van der Waals surface area contributed by atoms with Crippen molar-refractivity contribution in [1.82, 2.24) is 9.97 Å². The SMILES string of the molecule is CCCCCCCCc1cnc(-c2ccc(C(C)CC(=O)OC(C)CCCCCC)cc2)nc1. The molecule has 1 aromatic carbocycles. The molecule has 1 heterocycles. The number of hydrogen-bond acceptors (Lipinski definition) is 4. The van der Waals surface area contributed by atoms with Crippen LogP contribution in [0, 0.1) is 0 Å². The van der Waals surface area contributed by atoms with E-state index in [9.17, 15) is 4.79 Å². The molecule has 1 aromatic heterocycles. The second-order valence-electron chi connectivity index (χ2n) is 9.81. The molecule has 4 heteroatoms. The molecule has 0 aliphatic heterocycles. The van der Waals surface area contributed by atoms with Gasteiger partial charge in [-0.1, -0.05) is 96.4 Å². The Balaban J connectivity index is 1.77. The van der Waals surface area contributed by atoms with Crippen molar-refractivity contribution in [1.29, 1.82) is 0 Å². The number of hydrogen-bond donors (Lipinski definition) is 0. The lowest BCUT2D eigenvalue weighted by atomic mass is 9.96. The Hall–Kier alpha value is -2.23. The molecule has 0 amide bonds. The van der Waals surface area contributed by atoms with Crippen molar-refractivity contribution in [3.63, 3.8) is 0 Å². The third kappa shape index (κ3) is 10.8. The number of aromatic nitrogens is 2. The zero-order chi connectivity index (χ0) is 24.6. The fourth-order valence-electron chi connectivity index (χ4n) is 4.26. The van der Waals surface area contributed by atoms with Crippen LogP contribution in [0.1, 0.15) is 122 Å². The Kier molecular flexibility index (Phi) is 13.5. The quantitative estimate of drug-likeness (QED) is 0.173. The van der Waals surface area contributed by atoms with Crippen molar-refractivity contribution in [3.8, 4) is 11.4 Å². The second-order valence-corrected chi connectivity index (χ2v) is 9.81. The van der Waals surface area contributed by atoms with Gasteiger partial charge in [-0.2, -0.15) is 0 Å². The van der Waals surface area contributed by atoms with Gasteiger partial charge in [0.05, 0.1) is 12.5 Å². The Labute approximate surface area is 208 Å². The van der Waals surface area contributed by atoms with Crippen molar-refractivity contribution in [2.45, 2.75) is 123 Å². The van der Waals surface area contributed by atoms with E-state index in [1.807, 2.05) is 19.3 Å². The van der Waals surface area contributed by atoms with Gasteiger partial charge in [0.25, 0.3) is 0 Å². The summed E-state index contributed by atoms with van der Waals surface area (Å²) in [7, 11) is 0. The van der Waals surface area contributed by atoms with Crippen LogP contribution in [-0.2, 0) is 16.0 Å². The number of ether oxygens (including phenoxy) is 1. The number of rotatable bonds is 17. The highest BCUT2D eigenvalue weighted by atomic mass is 16.5. The van der Waals surface area contributed by atoms with E-state index in [1.54, 1.807) is 0 Å². The average molecular weight is 467 g/mol. The minimum absolute atomic E-state index is 0.000102. The molecule has 0 saturated carbocycles. The van der Waals surface area contributed by atoms with Crippen molar-refractivity contribution in [2.75, 3.05) is 0 Å². The van der Waals surface area contributed by atoms with E-state index in [2.05, 4.69) is 55.0 Å². The summed E-state index contributed by atoms with van der Waals surface area (Å²) in [6.45, 7) is 8.54. The number of unbranched alkanes of at least 4 members (excludes halogenated alkanes) is 8. The Morgan fingerprint density at radius 1 is 0.824 bits per heavy atom. The third-order valence-electron chi connectivity index (χ3n) is 6.53. The van der Waals surface area contributed by atoms with Crippen LogP contribution < -0.4 is 0 Å². The minimum Gasteiger partial charge on any atom is -0.463 e. The topological polar surface area (TPSA) is 52.1 Å². The summed E-state index contributed by atoms with van der Waals surface area (Å²) in [5.74, 6) is 0.764. The maximum atomic E-state index is 12.3. The summed E-state index contributed by atoms with van der Waals surface area (Å²) in [6.07, 6.45) is 19.0. The lowest BCUT2D eigenvalue weighted by molar-refractivity contribution is -0.148. The Morgan fingerprint density at radius 2 is 1.41 bits per heavy atom. The zero-order valence-electron chi connectivity index (χ0n) is 22.0. The van der Waals surface area contributed by atoms with Crippen molar-refractivity contribution < 1.29 is 9.53 Å². The molecule has 2 rings (SSSR count). The van der Waals surface area contributed by atoms with Crippen molar-refractivity contribution >= 4 is 5.97 Å². The van der Waals surface area contributed by atoms with Gasteiger partial charge in [0.2, 0.25) is 0 Å². The van der Waals surface area contributed by atoms with E-state index < -0.39 is 0 Å². The van der Waals surface area contributed by atoms with Gasteiger partial charge < -0.3 is 4.74 Å². The summed E-state index contributed by atoms with van der Waals surface area (Å²) in [4.78, 5) is 21.5. The number of nitrogens with zero attached hydrogens (tertiary/aromatic N) is 2. The summed E-state index contributed by atoms with van der Waals surface area (Å²) in [6, 6.07) is 8.26. The highest BCUT2D eigenvalue weighted by molar-refractivity contribution is 5.70. The first kappa shape index (κ1) is 28.0. The van der Waals surface area contributed by atoms with E-state index >= 15 is 0 Å². The maximum Gasteiger partial charge on any atom is 0.306 e. The molecule has 2 atom stereocenters. The van der Waals surface area contributed by atoms with Gasteiger partial charge in [-0.3, -0.25) is 4.79 Å². The van der Waals surface area contributed by atoms with Crippen LogP contribution in [0.5, 0.6) is 0 Å².